The van der Waals surface area contributed by atoms with E-state index in [0.29, 0.717) is 16.7 Å². The Morgan fingerprint density at radius 1 is 1.55 bits per heavy atom. The summed E-state index contributed by atoms with van der Waals surface area (Å²) < 4.78 is 0. The number of nitrogens with two attached hydrogens (primary N) is 1. The molecule has 0 aliphatic heterocycles. The number of rotatable bonds is 1. The van der Waals surface area contributed by atoms with E-state index in [9.17, 15) is 0 Å². The molecule has 1 rings (SSSR count). The summed E-state index contributed by atoms with van der Waals surface area (Å²) in [6.45, 7) is 1.89. The highest BCUT2D eigenvalue weighted by Crippen LogP contribution is 2.07. The Bertz CT molecular complexity index is 294. The van der Waals surface area contributed by atoms with E-state index in [4.69, 9.17) is 19.0 Å². The summed E-state index contributed by atoms with van der Waals surface area (Å²) in [7, 11) is 5.66. The van der Waals surface area contributed by atoms with Gasteiger partial charge in [0, 0.05) is 17.5 Å². The van der Waals surface area contributed by atoms with Gasteiger partial charge in [0.05, 0.1) is 0 Å². The molecule has 0 bridgehead atoms. The van der Waals surface area contributed by atoms with Crippen LogP contribution in [0.4, 0.5) is 5.69 Å². The minimum atomic E-state index is 0.558. The summed E-state index contributed by atoms with van der Waals surface area (Å²) in [5.74, 6) is 0. The van der Waals surface area contributed by atoms with Crippen molar-refractivity contribution in [2.45, 2.75) is 6.92 Å². The summed E-state index contributed by atoms with van der Waals surface area (Å²) in [6, 6.07) is 3.60. The van der Waals surface area contributed by atoms with Crippen LogP contribution in [-0.4, -0.2) is 14.1 Å². The SMILES string of the molecule is [B]c1c(C)ccc(N)c1C=N. The zero-order chi connectivity index (χ0) is 8.43. The third kappa shape index (κ3) is 1.27. The lowest BCUT2D eigenvalue weighted by Gasteiger charge is -2.06. The Balaban J connectivity index is 3.40. The standard InChI is InChI=1S/C8H9BN2/c1-5-2-3-7(11)6(4-10)8(5)9/h2-4,10H,11H2,1H3. The van der Waals surface area contributed by atoms with Gasteiger partial charge in [-0.15, -0.1) is 0 Å². The van der Waals surface area contributed by atoms with Gasteiger partial charge in [0.1, 0.15) is 7.85 Å². The molecule has 0 aliphatic carbocycles. The highest BCUT2D eigenvalue weighted by molar-refractivity contribution is 6.37. The molecule has 1 aromatic rings. The van der Waals surface area contributed by atoms with Crippen molar-refractivity contribution in [3.05, 3.63) is 23.3 Å². The molecule has 0 aromatic heterocycles. The topological polar surface area (TPSA) is 49.9 Å². The normalized spacial score (nSPS) is 9.55. The summed E-state index contributed by atoms with van der Waals surface area (Å²) in [6.07, 6.45) is 1.18. The molecule has 3 heteroatoms. The van der Waals surface area contributed by atoms with Gasteiger partial charge in [-0.05, 0) is 13.0 Å². The first-order valence-corrected chi connectivity index (χ1v) is 3.32. The molecule has 0 amide bonds. The van der Waals surface area contributed by atoms with Crippen molar-refractivity contribution < 1.29 is 0 Å². The smallest absolute Gasteiger partial charge is 0.115 e. The third-order valence-electron chi connectivity index (χ3n) is 1.68. The monoisotopic (exact) mass is 144 g/mol. The largest absolute Gasteiger partial charge is 0.398 e. The summed E-state index contributed by atoms with van der Waals surface area (Å²) in [5, 5.41) is 7.04. The van der Waals surface area contributed by atoms with Gasteiger partial charge in [0.2, 0.25) is 0 Å². The van der Waals surface area contributed by atoms with Gasteiger partial charge in [-0.3, -0.25) is 0 Å². The first-order valence-electron chi connectivity index (χ1n) is 3.32. The minimum absolute atomic E-state index is 0.558. The predicted octanol–water partition coefficient (Wildman–Crippen LogP) is 0.369. The van der Waals surface area contributed by atoms with Gasteiger partial charge in [0.25, 0.3) is 0 Å². The first kappa shape index (κ1) is 7.86. The fourth-order valence-corrected chi connectivity index (χ4v) is 0.923. The van der Waals surface area contributed by atoms with Crippen LogP contribution in [0.15, 0.2) is 12.1 Å². The molecule has 0 aliphatic rings. The van der Waals surface area contributed by atoms with Gasteiger partial charge < -0.3 is 11.1 Å². The maximum absolute atomic E-state index is 7.04. The molecule has 2 nitrogen and oxygen atoms in total. The quantitative estimate of drug-likeness (QED) is 0.334. The van der Waals surface area contributed by atoms with Crippen molar-refractivity contribution in [3.8, 4) is 0 Å². The Hall–Kier alpha value is -1.25. The molecule has 0 heterocycles. The molecule has 0 spiro atoms. The van der Waals surface area contributed by atoms with Crippen molar-refractivity contribution in [1.82, 2.24) is 0 Å². The maximum atomic E-state index is 7.04. The van der Waals surface area contributed by atoms with E-state index < -0.39 is 0 Å². The van der Waals surface area contributed by atoms with Crippen LogP contribution in [0, 0.1) is 12.3 Å². The molecular weight excluding hydrogens is 135 g/mol. The zero-order valence-electron chi connectivity index (χ0n) is 6.39. The number of nitrogen functional groups attached to an aromatic ring is 1. The predicted molar refractivity (Wildman–Crippen MR) is 48.9 cm³/mol. The Morgan fingerprint density at radius 2 is 2.18 bits per heavy atom. The highest BCUT2D eigenvalue weighted by atomic mass is 14.6. The average molecular weight is 144 g/mol. The lowest BCUT2D eigenvalue weighted by Crippen LogP contribution is -2.15. The van der Waals surface area contributed by atoms with Crippen molar-refractivity contribution in [2.75, 3.05) is 5.73 Å². The molecule has 0 fully saturated rings. The van der Waals surface area contributed by atoms with E-state index >= 15 is 0 Å². The Labute approximate surface area is 67.3 Å². The number of aryl methyl sites for hydroxylation is 1. The van der Waals surface area contributed by atoms with Crippen molar-refractivity contribution >= 4 is 25.2 Å². The van der Waals surface area contributed by atoms with Crippen LogP contribution < -0.4 is 11.2 Å². The molecule has 0 unspecified atom stereocenters. The van der Waals surface area contributed by atoms with Gasteiger partial charge in [-0.1, -0.05) is 17.1 Å². The first-order chi connectivity index (χ1) is 5.16. The second-order valence-electron chi connectivity index (χ2n) is 2.44. The molecule has 2 radical (unpaired) electrons. The van der Waals surface area contributed by atoms with Crippen molar-refractivity contribution in [2.24, 2.45) is 0 Å². The molecule has 54 valence electrons. The van der Waals surface area contributed by atoms with E-state index in [1.807, 2.05) is 13.0 Å². The molecule has 3 N–H and O–H groups in total. The molecule has 0 atom stereocenters. The summed E-state index contributed by atoms with van der Waals surface area (Å²) >= 11 is 0. The van der Waals surface area contributed by atoms with Crippen LogP contribution in [0.5, 0.6) is 0 Å². The average Bonchev–Trinajstić information content (AvgIpc) is 1.99. The lowest BCUT2D eigenvalue weighted by atomic mass is 9.86. The summed E-state index contributed by atoms with van der Waals surface area (Å²) in [4.78, 5) is 0. The van der Waals surface area contributed by atoms with E-state index in [1.165, 1.54) is 6.21 Å². The van der Waals surface area contributed by atoms with Gasteiger partial charge in [-0.25, -0.2) is 0 Å². The molecule has 11 heavy (non-hydrogen) atoms. The minimum Gasteiger partial charge on any atom is -0.398 e. The second kappa shape index (κ2) is 2.78. The zero-order valence-corrected chi connectivity index (χ0v) is 6.39. The number of hydrogen-bond donors (Lipinski definition) is 2. The fourth-order valence-electron chi connectivity index (χ4n) is 0.923. The molecule has 0 saturated carbocycles. The number of benzene rings is 1. The van der Waals surface area contributed by atoms with Gasteiger partial charge in [-0.2, -0.15) is 0 Å². The number of hydrogen-bond acceptors (Lipinski definition) is 2. The Morgan fingerprint density at radius 3 is 2.64 bits per heavy atom. The second-order valence-corrected chi connectivity index (χ2v) is 2.44. The van der Waals surface area contributed by atoms with Crippen molar-refractivity contribution in [3.63, 3.8) is 0 Å². The van der Waals surface area contributed by atoms with Gasteiger partial charge in [0.15, 0.2) is 0 Å². The van der Waals surface area contributed by atoms with E-state index in [2.05, 4.69) is 0 Å². The van der Waals surface area contributed by atoms with E-state index in [1.54, 1.807) is 6.07 Å². The van der Waals surface area contributed by atoms with Crippen LogP contribution in [0.2, 0.25) is 0 Å². The van der Waals surface area contributed by atoms with Gasteiger partial charge >= 0.3 is 0 Å². The van der Waals surface area contributed by atoms with E-state index in [0.717, 1.165) is 5.56 Å². The highest BCUT2D eigenvalue weighted by Gasteiger charge is 2.00. The van der Waals surface area contributed by atoms with Crippen LogP contribution in [-0.2, 0) is 0 Å². The summed E-state index contributed by atoms with van der Waals surface area (Å²) in [5.41, 5.74) is 8.30. The lowest BCUT2D eigenvalue weighted by molar-refractivity contribution is 1.49. The van der Waals surface area contributed by atoms with Crippen LogP contribution in [0.1, 0.15) is 11.1 Å². The Kier molecular flexibility index (Phi) is 1.99. The fraction of sp³-hybridized carbons (Fsp3) is 0.125. The molecule has 0 saturated heterocycles. The van der Waals surface area contributed by atoms with E-state index in [-0.39, 0.29) is 0 Å². The van der Waals surface area contributed by atoms with Crippen LogP contribution >= 0.6 is 0 Å². The number of anilines is 1. The van der Waals surface area contributed by atoms with Crippen molar-refractivity contribution in [1.29, 1.82) is 5.41 Å². The molecule has 1 aromatic carbocycles. The number of nitrogens with one attached hydrogen (secondary N) is 1. The van der Waals surface area contributed by atoms with Crippen LogP contribution in [0.3, 0.4) is 0 Å². The maximum Gasteiger partial charge on any atom is 0.115 e. The molecular formula is C8H9BN2. The third-order valence-corrected chi connectivity index (χ3v) is 1.68. The van der Waals surface area contributed by atoms with Crippen LogP contribution in [0.25, 0.3) is 0 Å².